The van der Waals surface area contributed by atoms with E-state index in [1.54, 1.807) is 27.4 Å². The number of allylic oxidation sites excluding steroid dienone is 1. The van der Waals surface area contributed by atoms with Crippen LogP contribution < -0.4 is 14.2 Å². The molecule has 2 unspecified atom stereocenters. The summed E-state index contributed by atoms with van der Waals surface area (Å²) in [5.41, 5.74) is 1.24. The lowest BCUT2D eigenvalue weighted by Gasteiger charge is -2.49. The Balaban J connectivity index is 1.98. The van der Waals surface area contributed by atoms with Crippen LogP contribution in [0.3, 0.4) is 0 Å². The van der Waals surface area contributed by atoms with Crippen LogP contribution in [-0.2, 0) is 4.79 Å². The van der Waals surface area contributed by atoms with E-state index < -0.39 is 5.41 Å². The lowest BCUT2D eigenvalue weighted by molar-refractivity contribution is -0.137. The largest absolute Gasteiger partial charge is 0.496 e. The topological polar surface area (TPSA) is 65.0 Å². The maximum atomic E-state index is 13.4. The van der Waals surface area contributed by atoms with Crippen molar-refractivity contribution in [2.75, 3.05) is 21.3 Å². The molecule has 5 heteroatoms. The van der Waals surface area contributed by atoms with E-state index in [9.17, 15) is 9.90 Å². The van der Waals surface area contributed by atoms with Gasteiger partial charge in [0.25, 0.3) is 0 Å². The monoisotopic (exact) mass is 374 g/mol. The Morgan fingerprint density at radius 2 is 1.70 bits per heavy atom. The van der Waals surface area contributed by atoms with Gasteiger partial charge in [-0.05, 0) is 55.2 Å². The van der Waals surface area contributed by atoms with Crippen molar-refractivity contribution in [2.24, 2.45) is 17.3 Å². The molecule has 1 aromatic carbocycles. The molecule has 2 aliphatic rings. The molecule has 0 heterocycles. The highest BCUT2D eigenvalue weighted by molar-refractivity contribution is 6.04. The van der Waals surface area contributed by atoms with E-state index in [1.165, 1.54) is 0 Å². The number of hydrogen-bond donors (Lipinski definition) is 1. The Morgan fingerprint density at radius 1 is 1.07 bits per heavy atom. The lowest BCUT2D eigenvalue weighted by atomic mass is 9.55. The Bertz CT molecular complexity index is 753. The molecule has 2 saturated carbocycles. The molecular weight excluding hydrogens is 344 g/mol. The third-order valence-electron chi connectivity index (χ3n) is 6.62. The molecule has 0 bridgehead atoms. The van der Waals surface area contributed by atoms with Crippen LogP contribution in [0, 0.1) is 17.3 Å². The molecule has 1 aromatic rings. The summed E-state index contributed by atoms with van der Waals surface area (Å²) in [7, 11) is 4.78. The Morgan fingerprint density at radius 3 is 2.33 bits per heavy atom. The van der Waals surface area contributed by atoms with Gasteiger partial charge in [0.15, 0.2) is 17.3 Å². The summed E-state index contributed by atoms with van der Waals surface area (Å²) >= 11 is 0. The SMILES string of the molecule is COc1cc(OC)c(OC)cc1C=C1CCC2[C@H](C)C(O)CC[C@]2(C)C1=O. The molecule has 1 N–H and O–H groups in total. The second-order valence-corrected chi connectivity index (χ2v) is 7.98. The predicted molar refractivity (Wildman–Crippen MR) is 104 cm³/mol. The van der Waals surface area contributed by atoms with Crippen molar-refractivity contribution in [1.82, 2.24) is 0 Å². The van der Waals surface area contributed by atoms with Crippen LogP contribution in [0.25, 0.3) is 6.08 Å². The quantitative estimate of drug-likeness (QED) is 0.811. The first-order valence-electron chi connectivity index (χ1n) is 9.59. The molecule has 0 aliphatic heterocycles. The van der Waals surface area contributed by atoms with Gasteiger partial charge in [-0.25, -0.2) is 0 Å². The molecule has 0 radical (unpaired) electrons. The maximum Gasteiger partial charge on any atom is 0.165 e. The zero-order chi connectivity index (χ0) is 19.8. The fourth-order valence-electron chi connectivity index (χ4n) is 4.89. The van der Waals surface area contributed by atoms with Gasteiger partial charge in [0.05, 0.1) is 27.4 Å². The number of fused-ring (bicyclic) bond motifs is 1. The van der Waals surface area contributed by atoms with Gasteiger partial charge < -0.3 is 19.3 Å². The summed E-state index contributed by atoms with van der Waals surface area (Å²) in [5, 5.41) is 10.2. The van der Waals surface area contributed by atoms with Crippen LogP contribution >= 0.6 is 0 Å². The number of aliphatic hydroxyl groups is 1. The van der Waals surface area contributed by atoms with Crippen molar-refractivity contribution in [1.29, 1.82) is 0 Å². The van der Waals surface area contributed by atoms with Gasteiger partial charge in [-0.2, -0.15) is 0 Å². The summed E-state index contributed by atoms with van der Waals surface area (Å²) in [4.78, 5) is 13.4. The second-order valence-electron chi connectivity index (χ2n) is 7.98. The van der Waals surface area contributed by atoms with E-state index >= 15 is 0 Å². The summed E-state index contributed by atoms with van der Waals surface area (Å²) in [6, 6.07) is 3.63. The highest BCUT2D eigenvalue weighted by Crippen LogP contribution is 2.52. The highest BCUT2D eigenvalue weighted by Gasteiger charge is 2.51. The number of hydrogen-bond acceptors (Lipinski definition) is 5. The molecule has 0 saturated heterocycles. The number of methoxy groups -OCH3 is 3. The first-order valence-corrected chi connectivity index (χ1v) is 9.59. The van der Waals surface area contributed by atoms with E-state index in [0.29, 0.717) is 30.1 Å². The van der Waals surface area contributed by atoms with E-state index in [2.05, 4.69) is 13.8 Å². The van der Waals surface area contributed by atoms with Gasteiger partial charge in [0.2, 0.25) is 0 Å². The summed E-state index contributed by atoms with van der Waals surface area (Å²) in [5.74, 6) is 2.44. The molecule has 0 spiro atoms. The number of ketones is 1. The molecule has 4 atom stereocenters. The fourth-order valence-corrected chi connectivity index (χ4v) is 4.89. The smallest absolute Gasteiger partial charge is 0.165 e. The van der Waals surface area contributed by atoms with Crippen LogP contribution in [0.15, 0.2) is 17.7 Å². The molecule has 0 amide bonds. The minimum atomic E-state index is -0.396. The third-order valence-corrected chi connectivity index (χ3v) is 6.62. The first-order chi connectivity index (χ1) is 12.8. The average Bonchev–Trinajstić information content (AvgIpc) is 2.68. The standard InChI is InChI=1S/C22H30O5/c1-13-16-7-6-14(21(24)22(16,2)9-8-17(13)23)10-15-11-19(26-4)20(27-5)12-18(15)25-3/h10-13,16-17,23H,6-9H2,1-5H3/t13-,16?,17?,22-/m0/s1. The number of carbonyl (C=O) groups is 1. The average molecular weight is 374 g/mol. The first kappa shape index (κ1) is 19.7. The van der Waals surface area contributed by atoms with E-state index in [4.69, 9.17) is 14.2 Å². The number of benzene rings is 1. The van der Waals surface area contributed by atoms with Crippen LogP contribution in [0.1, 0.15) is 45.1 Å². The van der Waals surface area contributed by atoms with Gasteiger partial charge in [-0.15, -0.1) is 0 Å². The lowest BCUT2D eigenvalue weighted by Crippen LogP contribution is -2.50. The van der Waals surface area contributed by atoms with Crippen LogP contribution in [0.2, 0.25) is 0 Å². The number of aliphatic hydroxyl groups excluding tert-OH is 1. The van der Waals surface area contributed by atoms with Crippen molar-refractivity contribution < 1.29 is 24.1 Å². The number of rotatable bonds is 4. The molecule has 3 rings (SSSR count). The van der Waals surface area contributed by atoms with E-state index in [0.717, 1.165) is 24.0 Å². The number of carbonyl (C=O) groups excluding carboxylic acids is 1. The summed E-state index contributed by atoms with van der Waals surface area (Å²) in [6.45, 7) is 4.15. The van der Waals surface area contributed by atoms with E-state index in [1.807, 2.05) is 12.1 Å². The minimum Gasteiger partial charge on any atom is -0.496 e. The van der Waals surface area contributed by atoms with Crippen molar-refractivity contribution in [3.63, 3.8) is 0 Å². The zero-order valence-corrected chi connectivity index (χ0v) is 16.9. The van der Waals surface area contributed by atoms with Gasteiger partial charge in [-0.1, -0.05) is 13.8 Å². The fraction of sp³-hybridized carbons (Fsp3) is 0.591. The number of ether oxygens (including phenoxy) is 3. The van der Waals surface area contributed by atoms with Crippen LogP contribution in [0.4, 0.5) is 0 Å². The normalized spacial score (nSPS) is 32.1. The van der Waals surface area contributed by atoms with Crippen molar-refractivity contribution in [3.05, 3.63) is 23.3 Å². The molecule has 148 valence electrons. The van der Waals surface area contributed by atoms with Crippen molar-refractivity contribution in [2.45, 2.75) is 45.6 Å². The molecular formula is C22H30O5. The third kappa shape index (κ3) is 3.33. The van der Waals surface area contributed by atoms with Gasteiger partial charge in [0, 0.05) is 17.0 Å². The summed E-state index contributed by atoms with van der Waals surface area (Å²) < 4.78 is 16.2. The highest BCUT2D eigenvalue weighted by atomic mass is 16.5. The van der Waals surface area contributed by atoms with Crippen molar-refractivity contribution >= 4 is 11.9 Å². The maximum absolute atomic E-state index is 13.4. The van der Waals surface area contributed by atoms with Crippen molar-refractivity contribution in [3.8, 4) is 17.2 Å². The summed E-state index contributed by atoms with van der Waals surface area (Å²) in [6.07, 6.45) is 4.69. The Labute approximate surface area is 161 Å². The minimum absolute atomic E-state index is 0.157. The Kier molecular flexibility index (Phi) is 5.52. The number of Topliss-reactive ketones (excluding diaryl/α,β-unsaturated/α-hetero) is 1. The molecule has 27 heavy (non-hydrogen) atoms. The van der Waals surface area contributed by atoms with Gasteiger partial charge in [-0.3, -0.25) is 4.79 Å². The molecule has 5 nitrogen and oxygen atoms in total. The van der Waals surface area contributed by atoms with Crippen LogP contribution in [-0.4, -0.2) is 38.3 Å². The second kappa shape index (κ2) is 7.55. The Hall–Kier alpha value is -2.01. The molecule has 2 fully saturated rings. The van der Waals surface area contributed by atoms with Gasteiger partial charge in [0.1, 0.15) is 5.75 Å². The van der Waals surface area contributed by atoms with E-state index in [-0.39, 0.29) is 23.7 Å². The molecule has 2 aliphatic carbocycles. The van der Waals surface area contributed by atoms with Crippen LogP contribution in [0.5, 0.6) is 17.2 Å². The molecule has 0 aromatic heterocycles. The predicted octanol–water partition coefficient (Wildman–Crippen LogP) is 3.87. The zero-order valence-electron chi connectivity index (χ0n) is 16.9. The van der Waals surface area contributed by atoms with Gasteiger partial charge >= 0.3 is 0 Å².